The zero-order valence-corrected chi connectivity index (χ0v) is 17.6. The Balaban J connectivity index is 1.57. The largest absolute Gasteiger partial charge is 0.483 e. The second-order valence-electron chi connectivity index (χ2n) is 6.65. The summed E-state index contributed by atoms with van der Waals surface area (Å²) in [5.74, 6) is 0.388. The molecular weight excluding hydrogens is 407 g/mol. The van der Waals surface area contributed by atoms with Gasteiger partial charge in [-0.25, -0.2) is 0 Å². The Morgan fingerprint density at radius 1 is 0.931 bits per heavy atom. The van der Waals surface area contributed by atoms with E-state index in [1.807, 2.05) is 61.5 Å². The van der Waals surface area contributed by atoms with Crippen molar-refractivity contribution < 1.29 is 9.53 Å². The maximum Gasteiger partial charge on any atom is 0.262 e. The molecule has 0 aliphatic carbocycles. The lowest BCUT2D eigenvalue weighted by atomic mass is 10.2. The van der Waals surface area contributed by atoms with Crippen molar-refractivity contribution in [2.75, 3.05) is 11.9 Å². The fourth-order valence-corrected chi connectivity index (χ4v) is 3.18. The van der Waals surface area contributed by atoms with E-state index in [2.05, 4.69) is 10.6 Å². The first-order valence-corrected chi connectivity index (χ1v) is 9.99. The van der Waals surface area contributed by atoms with Crippen molar-refractivity contribution in [2.24, 2.45) is 0 Å². The number of anilines is 1. The van der Waals surface area contributed by atoms with Crippen LogP contribution in [0.5, 0.6) is 5.75 Å². The predicted molar refractivity (Wildman–Crippen MR) is 119 cm³/mol. The van der Waals surface area contributed by atoms with Crippen LogP contribution in [-0.2, 0) is 17.9 Å². The van der Waals surface area contributed by atoms with Crippen LogP contribution in [0.1, 0.15) is 16.7 Å². The molecule has 0 bridgehead atoms. The number of halogens is 2. The van der Waals surface area contributed by atoms with Crippen molar-refractivity contribution in [1.29, 1.82) is 0 Å². The number of benzene rings is 3. The molecule has 0 saturated heterocycles. The fraction of sp³-hybridized carbons (Fsp3) is 0.174. The molecule has 0 saturated carbocycles. The van der Waals surface area contributed by atoms with Gasteiger partial charge in [0.1, 0.15) is 5.75 Å². The molecule has 3 aromatic carbocycles. The van der Waals surface area contributed by atoms with Crippen LogP contribution in [0.25, 0.3) is 0 Å². The van der Waals surface area contributed by atoms with Gasteiger partial charge >= 0.3 is 0 Å². The van der Waals surface area contributed by atoms with E-state index in [4.69, 9.17) is 27.9 Å². The number of hydrogen-bond acceptors (Lipinski definition) is 3. The molecule has 0 unspecified atom stereocenters. The second kappa shape index (κ2) is 10.3. The van der Waals surface area contributed by atoms with Crippen LogP contribution in [0.3, 0.4) is 0 Å². The van der Waals surface area contributed by atoms with Crippen molar-refractivity contribution in [3.63, 3.8) is 0 Å². The number of ether oxygens (including phenoxy) is 1. The second-order valence-corrected chi connectivity index (χ2v) is 7.49. The fourth-order valence-electron chi connectivity index (χ4n) is 2.78. The monoisotopic (exact) mass is 428 g/mol. The van der Waals surface area contributed by atoms with E-state index in [1.54, 1.807) is 12.1 Å². The summed E-state index contributed by atoms with van der Waals surface area (Å²) in [4.78, 5) is 12.2. The number of carbonyl (C=O) groups excluding carboxylic acids is 1. The Labute approximate surface area is 180 Å². The van der Waals surface area contributed by atoms with Gasteiger partial charge in [0.05, 0.1) is 0 Å². The number of hydrogen-bond donors (Lipinski definition) is 2. The van der Waals surface area contributed by atoms with Gasteiger partial charge < -0.3 is 15.4 Å². The average molecular weight is 429 g/mol. The minimum atomic E-state index is -0.223. The molecule has 0 fully saturated rings. The third-order valence-corrected chi connectivity index (χ3v) is 4.91. The van der Waals surface area contributed by atoms with Crippen LogP contribution in [0.15, 0.2) is 66.7 Å². The van der Waals surface area contributed by atoms with Gasteiger partial charge in [0, 0.05) is 34.4 Å². The number of nitrogens with one attached hydrogen (secondary N) is 2. The Kier molecular flexibility index (Phi) is 7.53. The van der Waals surface area contributed by atoms with Crippen LogP contribution in [-0.4, -0.2) is 12.5 Å². The molecular formula is C23H22Cl2N2O2. The van der Waals surface area contributed by atoms with Gasteiger partial charge in [0.15, 0.2) is 6.61 Å². The van der Waals surface area contributed by atoms with E-state index in [1.165, 1.54) is 0 Å². The van der Waals surface area contributed by atoms with Crippen molar-refractivity contribution in [3.8, 4) is 5.75 Å². The Bertz CT molecular complexity index is 975. The summed E-state index contributed by atoms with van der Waals surface area (Å²) in [6, 6.07) is 20.6. The van der Waals surface area contributed by atoms with E-state index in [0.29, 0.717) is 23.9 Å². The number of rotatable bonds is 8. The molecule has 6 heteroatoms. The van der Waals surface area contributed by atoms with Crippen molar-refractivity contribution in [1.82, 2.24) is 5.32 Å². The normalized spacial score (nSPS) is 10.6. The Morgan fingerprint density at radius 3 is 2.41 bits per heavy atom. The first-order chi connectivity index (χ1) is 14.0. The molecule has 0 radical (unpaired) electrons. The minimum absolute atomic E-state index is 0.0903. The molecule has 3 aromatic rings. The molecule has 29 heavy (non-hydrogen) atoms. The predicted octanol–water partition coefficient (Wildman–Crippen LogP) is 5.61. The van der Waals surface area contributed by atoms with Gasteiger partial charge in [-0.05, 0) is 48.9 Å². The van der Waals surface area contributed by atoms with Crippen molar-refractivity contribution >= 4 is 34.8 Å². The van der Waals surface area contributed by atoms with E-state index in [-0.39, 0.29) is 12.5 Å². The first kappa shape index (κ1) is 21.2. The molecule has 0 atom stereocenters. The van der Waals surface area contributed by atoms with E-state index < -0.39 is 0 Å². The summed E-state index contributed by atoms with van der Waals surface area (Å²) < 4.78 is 5.74. The van der Waals surface area contributed by atoms with Crippen LogP contribution in [0.2, 0.25) is 10.0 Å². The van der Waals surface area contributed by atoms with Gasteiger partial charge in [-0.3, -0.25) is 4.79 Å². The molecule has 0 spiro atoms. The number of amides is 1. The number of carbonyl (C=O) groups is 1. The van der Waals surface area contributed by atoms with Crippen molar-refractivity contribution in [2.45, 2.75) is 20.0 Å². The summed E-state index contributed by atoms with van der Waals surface area (Å²) in [7, 11) is 0. The SMILES string of the molecule is Cc1ccc(NC(=O)COc2ccc(Cl)cc2CNCc2ccccc2Cl)cc1. The van der Waals surface area contributed by atoms with Crippen molar-refractivity contribution in [3.05, 3.63) is 93.5 Å². The summed E-state index contributed by atoms with van der Waals surface area (Å²) in [6.07, 6.45) is 0. The quantitative estimate of drug-likeness (QED) is 0.490. The molecule has 0 aliphatic heterocycles. The highest BCUT2D eigenvalue weighted by molar-refractivity contribution is 6.31. The topological polar surface area (TPSA) is 50.4 Å². The zero-order valence-electron chi connectivity index (χ0n) is 16.0. The van der Waals surface area contributed by atoms with Gasteiger partial charge in [-0.1, -0.05) is 59.1 Å². The third-order valence-electron chi connectivity index (χ3n) is 4.31. The molecule has 3 rings (SSSR count). The van der Waals surface area contributed by atoms with E-state index in [9.17, 15) is 4.79 Å². The highest BCUT2D eigenvalue weighted by atomic mass is 35.5. The maximum atomic E-state index is 12.2. The minimum Gasteiger partial charge on any atom is -0.483 e. The van der Waals surface area contributed by atoms with Crippen LogP contribution < -0.4 is 15.4 Å². The molecule has 1 amide bonds. The van der Waals surface area contributed by atoms with E-state index >= 15 is 0 Å². The Morgan fingerprint density at radius 2 is 1.66 bits per heavy atom. The molecule has 4 nitrogen and oxygen atoms in total. The van der Waals surface area contributed by atoms with Gasteiger partial charge in [-0.2, -0.15) is 0 Å². The van der Waals surface area contributed by atoms with Crippen LogP contribution in [0.4, 0.5) is 5.69 Å². The van der Waals surface area contributed by atoms with Crippen LogP contribution >= 0.6 is 23.2 Å². The Hall–Kier alpha value is -2.53. The molecule has 2 N–H and O–H groups in total. The average Bonchev–Trinajstić information content (AvgIpc) is 2.70. The summed E-state index contributed by atoms with van der Waals surface area (Å²) in [5, 5.41) is 7.48. The zero-order chi connectivity index (χ0) is 20.6. The standard InChI is InChI=1S/C23H22Cl2N2O2/c1-16-6-9-20(10-7-16)27-23(28)15-29-22-11-8-19(24)12-18(22)14-26-13-17-4-2-3-5-21(17)25/h2-12,26H,13-15H2,1H3,(H,27,28). The summed E-state index contributed by atoms with van der Waals surface area (Å²) in [5.41, 5.74) is 3.75. The van der Waals surface area contributed by atoms with Crippen LogP contribution in [0, 0.1) is 6.92 Å². The molecule has 150 valence electrons. The maximum absolute atomic E-state index is 12.2. The lowest BCUT2D eigenvalue weighted by Crippen LogP contribution is -2.21. The molecule has 0 aliphatic rings. The van der Waals surface area contributed by atoms with Gasteiger partial charge in [0.25, 0.3) is 5.91 Å². The summed E-state index contributed by atoms with van der Waals surface area (Å²) >= 11 is 12.3. The van der Waals surface area contributed by atoms with Gasteiger partial charge in [0.2, 0.25) is 0 Å². The lowest BCUT2D eigenvalue weighted by molar-refractivity contribution is -0.118. The van der Waals surface area contributed by atoms with E-state index in [0.717, 1.165) is 27.4 Å². The summed E-state index contributed by atoms with van der Waals surface area (Å²) in [6.45, 7) is 3.05. The number of aryl methyl sites for hydroxylation is 1. The third kappa shape index (κ3) is 6.50. The molecule has 0 aromatic heterocycles. The molecule has 0 heterocycles. The van der Waals surface area contributed by atoms with Gasteiger partial charge in [-0.15, -0.1) is 0 Å². The first-order valence-electron chi connectivity index (χ1n) is 9.23. The smallest absolute Gasteiger partial charge is 0.262 e. The highest BCUT2D eigenvalue weighted by Crippen LogP contribution is 2.23. The highest BCUT2D eigenvalue weighted by Gasteiger charge is 2.09. The lowest BCUT2D eigenvalue weighted by Gasteiger charge is -2.13.